The Bertz CT molecular complexity index is 396. The first-order chi connectivity index (χ1) is 8.08. The molecule has 1 rings (SSSR count). The maximum Gasteiger partial charge on any atom is 0.237 e. The number of thioether (sulfide) groups is 1. The van der Waals surface area contributed by atoms with Gasteiger partial charge in [0, 0.05) is 11.8 Å². The molecule has 3 N–H and O–H groups in total. The van der Waals surface area contributed by atoms with Gasteiger partial charge >= 0.3 is 0 Å². The third kappa shape index (κ3) is 3.85. The van der Waals surface area contributed by atoms with Crippen LogP contribution in [0.4, 0.5) is 11.4 Å². The highest BCUT2D eigenvalue weighted by Gasteiger charge is 2.14. The van der Waals surface area contributed by atoms with Crippen LogP contribution in [-0.2, 0) is 4.79 Å². The molecule has 0 radical (unpaired) electrons. The van der Waals surface area contributed by atoms with Crippen LogP contribution in [0.3, 0.4) is 0 Å². The van der Waals surface area contributed by atoms with Crippen molar-refractivity contribution in [2.45, 2.75) is 19.1 Å². The summed E-state index contributed by atoms with van der Waals surface area (Å²) >= 11 is 1.60. The fourth-order valence-corrected chi connectivity index (χ4v) is 2.08. The number of ether oxygens (including phenoxy) is 1. The molecular formula is C12H18N2O2S. The summed E-state index contributed by atoms with van der Waals surface area (Å²) in [5.74, 6) is 1.46. The number of amides is 1. The molecule has 0 aliphatic rings. The Hall–Kier alpha value is -1.36. The van der Waals surface area contributed by atoms with Crippen LogP contribution in [0, 0.1) is 0 Å². The number of carbonyl (C=O) groups excluding carboxylic acids is 1. The van der Waals surface area contributed by atoms with Crippen LogP contribution in [-0.4, -0.2) is 24.0 Å². The fourth-order valence-electron chi connectivity index (χ4n) is 1.37. The van der Waals surface area contributed by atoms with Crippen LogP contribution >= 0.6 is 11.8 Å². The minimum atomic E-state index is -0.0812. The molecule has 1 atom stereocenters. The van der Waals surface area contributed by atoms with E-state index in [4.69, 9.17) is 10.5 Å². The molecule has 1 unspecified atom stereocenters. The Balaban J connectivity index is 2.77. The predicted molar refractivity (Wildman–Crippen MR) is 73.6 cm³/mol. The Labute approximate surface area is 106 Å². The van der Waals surface area contributed by atoms with Crippen molar-refractivity contribution in [1.82, 2.24) is 0 Å². The lowest BCUT2D eigenvalue weighted by Gasteiger charge is -2.13. The van der Waals surface area contributed by atoms with Crippen molar-refractivity contribution in [2.24, 2.45) is 0 Å². The van der Waals surface area contributed by atoms with Gasteiger partial charge in [-0.2, -0.15) is 0 Å². The molecule has 0 saturated carbocycles. The second-order valence-electron chi connectivity index (χ2n) is 3.55. The summed E-state index contributed by atoms with van der Waals surface area (Å²) in [4.78, 5) is 11.8. The lowest BCUT2D eigenvalue weighted by Crippen LogP contribution is -2.22. The molecule has 94 valence electrons. The molecule has 0 aliphatic carbocycles. The minimum absolute atomic E-state index is 0.0279. The lowest BCUT2D eigenvalue weighted by atomic mass is 10.2. The monoisotopic (exact) mass is 254 g/mol. The second kappa shape index (κ2) is 6.39. The maximum atomic E-state index is 11.8. The molecule has 17 heavy (non-hydrogen) atoms. The van der Waals surface area contributed by atoms with Crippen LogP contribution in [0.5, 0.6) is 5.75 Å². The third-order valence-corrected chi connectivity index (χ3v) is 3.32. The zero-order valence-electron chi connectivity index (χ0n) is 10.3. The summed E-state index contributed by atoms with van der Waals surface area (Å²) in [5.41, 5.74) is 6.90. The average Bonchev–Trinajstić information content (AvgIpc) is 2.31. The van der Waals surface area contributed by atoms with Gasteiger partial charge in [-0.05, 0) is 24.8 Å². The summed E-state index contributed by atoms with van der Waals surface area (Å²) < 4.78 is 5.17. The van der Waals surface area contributed by atoms with Gasteiger partial charge in [-0.15, -0.1) is 11.8 Å². The number of rotatable bonds is 5. The number of nitrogens with one attached hydrogen (secondary N) is 1. The van der Waals surface area contributed by atoms with E-state index in [9.17, 15) is 4.79 Å². The van der Waals surface area contributed by atoms with E-state index in [0.29, 0.717) is 17.1 Å². The highest BCUT2D eigenvalue weighted by atomic mass is 32.2. The number of anilines is 2. The van der Waals surface area contributed by atoms with Gasteiger partial charge in [-0.25, -0.2) is 0 Å². The number of nitrogen functional groups attached to an aromatic ring is 1. The molecule has 0 heterocycles. The van der Waals surface area contributed by atoms with Gasteiger partial charge in [0.2, 0.25) is 5.91 Å². The number of nitrogens with two attached hydrogens (primary N) is 1. The highest BCUT2D eigenvalue weighted by molar-refractivity contribution is 8.00. The van der Waals surface area contributed by atoms with Gasteiger partial charge in [-0.3, -0.25) is 4.79 Å². The van der Waals surface area contributed by atoms with Crippen molar-refractivity contribution in [3.63, 3.8) is 0 Å². The Morgan fingerprint density at radius 1 is 1.59 bits per heavy atom. The average molecular weight is 254 g/mol. The first-order valence-corrected chi connectivity index (χ1v) is 6.49. The fraction of sp³-hybridized carbons (Fsp3) is 0.417. The molecule has 1 amide bonds. The predicted octanol–water partition coefficient (Wildman–Crippen LogP) is 2.36. The molecule has 1 aromatic rings. The summed E-state index contributed by atoms with van der Waals surface area (Å²) in [6.07, 6.45) is 0. The first kappa shape index (κ1) is 13.7. The number of hydrogen-bond acceptors (Lipinski definition) is 4. The van der Waals surface area contributed by atoms with Crippen molar-refractivity contribution >= 4 is 29.0 Å². The van der Waals surface area contributed by atoms with Crippen molar-refractivity contribution < 1.29 is 9.53 Å². The first-order valence-electron chi connectivity index (χ1n) is 5.44. The van der Waals surface area contributed by atoms with Crippen LogP contribution in [0.25, 0.3) is 0 Å². The van der Waals surface area contributed by atoms with Gasteiger partial charge in [0.05, 0.1) is 18.0 Å². The van der Waals surface area contributed by atoms with Gasteiger partial charge < -0.3 is 15.8 Å². The molecule has 1 aromatic carbocycles. The second-order valence-corrected chi connectivity index (χ2v) is 5.16. The Morgan fingerprint density at radius 2 is 2.29 bits per heavy atom. The van der Waals surface area contributed by atoms with E-state index in [1.807, 2.05) is 13.8 Å². The van der Waals surface area contributed by atoms with Crippen molar-refractivity contribution in [1.29, 1.82) is 0 Å². The molecule has 0 fully saturated rings. The van der Waals surface area contributed by atoms with E-state index in [1.54, 1.807) is 37.1 Å². The molecule has 5 heteroatoms. The molecule has 0 saturated heterocycles. The van der Waals surface area contributed by atoms with E-state index >= 15 is 0 Å². The summed E-state index contributed by atoms with van der Waals surface area (Å²) in [7, 11) is 1.55. The van der Waals surface area contributed by atoms with Crippen LogP contribution in [0.15, 0.2) is 18.2 Å². The van der Waals surface area contributed by atoms with Crippen molar-refractivity contribution in [3.05, 3.63) is 18.2 Å². The van der Waals surface area contributed by atoms with E-state index in [0.717, 1.165) is 5.75 Å². The topological polar surface area (TPSA) is 64.4 Å². The van der Waals surface area contributed by atoms with E-state index in [1.165, 1.54) is 0 Å². The van der Waals surface area contributed by atoms with Gasteiger partial charge in [-0.1, -0.05) is 6.92 Å². The van der Waals surface area contributed by atoms with Crippen LogP contribution in [0.2, 0.25) is 0 Å². The number of carbonyl (C=O) groups is 1. The Kier molecular flexibility index (Phi) is 5.15. The molecule has 0 aliphatic heterocycles. The van der Waals surface area contributed by atoms with Crippen molar-refractivity contribution in [3.8, 4) is 5.75 Å². The molecule has 0 aromatic heterocycles. The van der Waals surface area contributed by atoms with Crippen LogP contribution in [0.1, 0.15) is 13.8 Å². The van der Waals surface area contributed by atoms with Crippen LogP contribution < -0.4 is 15.8 Å². The van der Waals surface area contributed by atoms with Gasteiger partial charge in [0.1, 0.15) is 5.75 Å². The molecule has 4 nitrogen and oxygen atoms in total. The van der Waals surface area contributed by atoms with E-state index in [-0.39, 0.29) is 11.2 Å². The molecular weight excluding hydrogens is 236 g/mol. The van der Waals surface area contributed by atoms with Gasteiger partial charge in [0.25, 0.3) is 0 Å². The summed E-state index contributed by atoms with van der Waals surface area (Å²) in [5, 5.41) is 2.75. The smallest absolute Gasteiger partial charge is 0.237 e. The SMILES string of the molecule is CCSC(C)C(=O)Nc1ccc(N)cc1OC. The standard InChI is InChI=1S/C12H18N2O2S/c1-4-17-8(2)12(15)14-10-6-5-9(13)7-11(10)16-3/h5-8H,4,13H2,1-3H3,(H,14,15). The lowest BCUT2D eigenvalue weighted by molar-refractivity contribution is -0.115. The third-order valence-electron chi connectivity index (χ3n) is 2.27. The minimum Gasteiger partial charge on any atom is -0.494 e. The zero-order chi connectivity index (χ0) is 12.8. The van der Waals surface area contributed by atoms with E-state index in [2.05, 4.69) is 5.32 Å². The van der Waals surface area contributed by atoms with Crippen molar-refractivity contribution in [2.75, 3.05) is 23.9 Å². The quantitative estimate of drug-likeness (QED) is 0.792. The van der Waals surface area contributed by atoms with E-state index < -0.39 is 0 Å². The summed E-state index contributed by atoms with van der Waals surface area (Å²) in [6, 6.07) is 5.17. The normalized spacial score (nSPS) is 11.9. The highest BCUT2D eigenvalue weighted by Crippen LogP contribution is 2.27. The number of methoxy groups -OCH3 is 1. The molecule has 0 spiro atoms. The molecule has 0 bridgehead atoms. The Morgan fingerprint density at radius 3 is 2.88 bits per heavy atom. The zero-order valence-corrected chi connectivity index (χ0v) is 11.1. The number of benzene rings is 1. The summed E-state index contributed by atoms with van der Waals surface area (Å²) in [6.45, 7) is 3.91. The van der Waals surface area contributed by atoms with Gasteiger partial charge in [0.15, 0.2) is 0 Å². The number of hydrogen-bond donors (Lipinski definition) is 2. The maximum absolute atomic E-state index is 11.8. The largest absolute Gasteiger partial charge is 0.494 e.